The topological polar surface area (TPSA) is 97.6 Å². The molecule has 1 aliphatic heterocycles. The van der Waals surface area contributed by atoms with Crippen molar-refractivity contribution in [1.82, 2.24) is 15.0 Å². The molecule has 0 bridgehead atoms. The predicted molar refractivity (Wildman–Crippen MR) is 138 cm³/mol. The summed E-state index contributed by atoms with van der Waals surface area (Å²) in [6.45, 7) is 2.74. The van der Waals surface area contributed by atoms with Gasteiger partial charge in [-0.25, -0.2) is 4.98 Å². The third-order valence-electron chi connectivity index (χ3n) is 6.34. The summed E-state index contributed by atoms with van der Waals surface area (Å²) in [4.78, 5) is 32.3. The summed E-state index contributed by atoms with van der Waals surface area (Å²) >= 11 is 1.34. The van der Waals surface area contributed by atoms with E-state index >= 15 is 0 Å². The molecule has 2 amide bonds. The summed E-state index contributed by atoms with van der Waals surface area (Å²) in [7, 11) is 0. The van der Waals surface area contributed by atoms with Gasteiger partial charge in [0.05, 0.1) is 5.01 Å². The summed E-state index contributed by atoms with van der Waals surface area (Å²) in [5.41, 5.74) is 2.11. The molecule has 5 rings (SSSR count). The molecule has 0 spiro atoms. The van der Waals surface area contributed by atoms with Gasteiger partial charge in [-0.15, -0.1) is 24.5 Å². The number of anilines is 1. The first-order valence-corrected chi connectivity index (χ1v) is 13.0. The number of carbonyl (C=O) groups excluding carboxylic acids is 2. The maximum Gasteiger partial charge on any atom is 0.573 e. The van der Waals surface area contributed by atoms with Crippen LogP contribution >= 0.6 is 11.3 Å². The van der Waals surface area contributed by atoms with Gasteiger partial charge in [0.2, 0.25) is 0 Å². The van der Waals surface area contributed by atoms with Gasteiger partial charge in [-0.3, -0.25) is 9.59 Å². The lowest BCUT2D eigenvalue weighted by Gasteiger charge is -2.31. The van der Waals surface area contributed by atoms with Crippen molar-refractivity contribution < 1.29 is 32.0 Å². The number of amides is 2. The first-order chi connectivity index (χ1) is 18.7. The molecular weight excluding hydrogens is 533 g/mol. The molecule has 39 heavy (non-hydrogen) atoms. The Morgan fingerprint density at radius 3 is 2.56 bits per heavy atom. The number of aryl methyl sites for hydroxylation is 1. The second kappa shape index (κ2) is 10.9. The maximum absolute atomic E-state index is 13.4. The Balaban J connectivity index is 1.20. The van der Waals surface area contributed by atoms with E-state index < -0.39 is 18.0 Å². The largest absolute Gasteiger partial charge is 0.573 e. The van der Waals surface area contributed by atoms with Crippen LogP contribution in [0.2, 0.25) is 0 Å². The summed E-state index contributed by atoms with van der Waals surface area (Å²) in [5.74, 6) is -0.571. The number of nitrogens with zero attached hydrogens (tertiary/aromatic N) is 3. The van der Waals surface area contributed by atoms with E-state index in [1.807, 2.05) is 30.3 Å². The lowest BCUT2D eigenvalue weighted by Crippen LogP contribution is -2.38. The molecular formula is C27H23F3N4O4S. The number of benzene rings is 2. The highest BCUT2D eigenvalue weighted by Gasteiger charge is 2.32. The van der Waals surface area contributed by atoms with E-state index in [9.17, 15) is 22.8 Å². The molecule has 1 aliphatic rings. The number of alkyl halides is 3. The Labute approximate surface area is 225 Å². The van der Waals surface area contributed by atoms with Gasteiger partial charge in [-0.1, -0.05) is 41.6 Å². The van der Waals surface area contributed by atoms with Gasteiger partial charge in [0.25, 0.3) is 11.8 Å². The van der Waals surface area contributed by atoms with Gasteiger partial charge < -0.3 is 19.5 Å². The normalized spacial score (nSPS) is 14.3. The molecule has 202 valence electrons. The quantitative estimate of drug-likeness (QED) is 0.300. The van der Waals surface area contributed by atoms with Crippen LogP contribution in [0.5, 0.6) is 5.75 Å². The summed E-state index contributed by atoms with van der Waals surface area (Å²) < 4.78 is 46.7. The summed E-state index contributed by atoms with van der Waals surface area (Å²) in [5, 5.41) is 9.05. The van der Waals surface area contributed by atoms with Crippen LogP contribution in [0.4, 0.5) is 18.9 Å². The fraction of sp³-hybridized carbons (Fsp3) is 0.259. The Kier molecular flexibility index (Phi) is 7.38. The van der Waals surface area contributed by atoms with Gasteiger partial charge in [-0.2, -0.15) is 0 Å². The molecule has 0 radical (unpaired) electrons. The first-order valence-electron chi connectivity index (χ1n) is 12.1. The highest BCUT2D eigenvalue weighted by atomic mass is 32.1. The Hall–Kier alpha value is -4.19. The van der Waals surface area contributed by atoms with Crippen molar-refractivity contribution in [2.75, 3.05) is 18.4 Å². The summed E-state index contributed by atoms with van der Waals surface area (Å²) in [6.07, 6.45) is -3.49. The van der Waals surface area contributed by atoms with Crippen molar-refractivity contribution in [3.8, 4) is 17.0 Å². The number of piperidine rings is 1. The van der Waals surface area contributed by atoms with Crippen molar-refractivity contribution in [3.63, 3.8) is 0 Å². The number of rotatable bonds is 6. The Morgan fingerprint density at radius 1 is 1.10 bits per heavy atom. The van der Waals surface area contributed by atoms with E-state index in [0.29, 0.717) is 42.9 Å². The van der Waals surface area contributed by atoms with Gasteiger partial charge in [0, 0.05) is 41.7 Å². The fourth-order valence-electron chi connectivity index (χ4n) is 4.45. The number of ether oxygens (including phenoxy) is 1. The van der Waals surface area contributed by atoms with E-state index in [4.69, 9.17) is 4.52 Å². The molecule has 8 nitrogen and oxygen atoms in total. The third-order valence-corrected chi connectivity index (χ3v) is 7.34. The molecule has 0 unspecified atom stereocenters. The lowest BCUT2D eigenvalue weighted by atomic mass is 9.96. The molecule has 2 aromatic carbocycles. The SMILES string of the molecule is Cc1onc(-c2ccccc2)c1C(=O)N1CCC(c2nc(C(=O)Nc3cccc(OC(F)(F)F)c3)cs2)CC1. The molecule has 0 atom stereocenters. The van der Waals surface area contributed by atoms with Crippen molar-refractivity contribution >= 4 is 28.8 Å². The van der Waals surface area contributed by atoms with E-state index in [-0.39, 0.29) is 23.2 Å². The van der Waals surface area contributed by atoms with Crippen LogP contribution in [0.15, 0.2) is 64.5 Å². The van der Waals surface area contributed by atoms with Crippen LogP contribution in [-0.4, -0.2) is 46.3 Å². The lowest BCUT2D eigenvalue weighted by molar-refractivity contribution is -0.274. The van der Waals surface area contributed by atoms with E-state index in [1.54, 1.807) is 17.2 Å². The van der Waals surface area contributed by atoms with Gasteiger partial charge in [-0.05, 0) is 31.9 Å². The van der Waals surface area contributed by atoms with Crippen molar-refractivity contribution in [3.05, 3.63) is 82.0 Å². The van der Waals surface area contributed by atoms with Gasteiger partial charge in [0.15, 0.2) is 0 Å². The van der Waals surface area contributed by atoms with Crippen LogP contribution in [-0.2, 0) is 0 Å². The second-order valence-electron chi connectivity index (χ2n) is 9.00. The average molecular weight is 557 g/mol. The standard InChI is InChI=1S/C27H23F3N4O4S/c1-16-22(23(33-38-16)17-6-3-2-4-7-17)26(36)34-12-10-18(11-13-34)25-32-21(15-39-25)24(35)31-19-8-5-9-20(14-19)37-27(28,29)30/h2-9,14-15,18H,10-13H2,1H3,(H,31,35). The molecule has 2 aromatic heterocycles. The first kappa shape index (κ1) is 26.4. The molecule has 1 N–H and O–H groups in total. The van der Waals surface area contributed by atoms with E-state index in [2.05, 4.69) is 20.2 Å². The van der Waals surface area contributed by atoms with Crippen LogP contribution in [0.3, 0.4) is 0 Å². The number of thiazole rings is 1. The number of aromatic nitrogens is 2. The van der Waals surface area contributed by atoms with Crippen molar-refractivity contribution in [1.29, 1.82) is 0 Å². The molecule has 0 saturated carbocycles. The number of hydrogen-bond acceptors (Lipinski definition) is 7. The predicted octanol–water partition coefficient (Wildman–Crippen LogP) is 6.28. The van der Waals surface area contributed by atoms with Crippen molar-refractivity contribution in [2.24, 2.45) is 0 Å². The number of carbonyl (C=O) groups is 2. The smallest absolute Gasteiger partial charge is 0.406 e. The maximum atomic E-state index is 13.4. The zero-order valence-electron chi connectivity index (χ0n) is 20.7. The Bertz CT molecular complexity index is 1480. The molecule has 12 heteroatoms. The molecule has 1 fully saturated rings. The highest BCUT2D eigenvalue weighted by Crippen LogP contribution is 2.33. The van der Waals surface area contributed by atoms with Crippen LogP contribution in [0, 0.1) is 6.92 Å². The zero-order chi connectivity index (χ0) is 27.6. The van der Waals surface area contributed by atoms with Crippen LogP contribution in [0.1, 0.15) is 50.4 Å². The summed E-state index contributed by atoms with van der Waals surface area (Å²) in [6, 6.07) is 14.4. The molecule has 3 heterocycles. The zero-order valence-corrected chi connectivity index (χ0v) is 21.5. The highest BCUT2D eigenvalue weighted by molar-refractivity contribution is 7.10. The monoisotopic (exact) mass is 556 g/mol. The van der Waals surface area contributed by atoms with E-state index in [1.165, 1.54) is 23.5 Å². The average Bonchev–Trinajstić information content (AvgIpc) is 3.56. The number of hydrogen-bond donors (Lipinski definition) is 1. The van der Waals surface area contributed by atoms with Crippen molar-refractivity contribution in [2.45, 2.75) is 32.0 Å². The van der Waals surface area contributed by atoms with Crippen LogP contribution < -0.4 is 10.1 Å². The van der Waals surface area contributed by atoms with E-state index in [0.717, 1.165) is 22.7 Å². The van der Waals surface area contributed by atoms with Gasteiger partial charge >= 0.3 is 6.36 Å². The molecule has 4 aromatic rings. The molecule has 0 aliphatic carbocycles. The minimum Gasteiger partial charge on any atom is -0.406 e. The second-order valence-corrected chi connectivity index (χ2v) is 9.89. The van der Waals surface area contributed by atoms with Gasteiger partial charge in [0.1, 0.15) is 28.5 Å². The molecule has 1 saturated heterocycles. The number of likely N-dealkylation sites (tertiary alicyclic amines) is 1. The minimum absolute atomic E-state index is 0.0706. The minimum atomic E-state index is -4.83. The third kappa shape index (κ3) is 6.11. The number of nitrogens with one attached hydrogen (secondary N) is 1. The van der Waals surface area contributed by atoms with Crippen LogP contribution in [0.25, 0.3) is 11.3 Å². The Morgan fingerprint density at radius 2 is 1.85 bits per heavy atom. The fourth-order valence-corrected chi connectivity index (χ4v) is 5.42. The number of halogens is 3.